The van der Waals surface area contributed by atoms with Gasteiger partial charge in [0.1, 0.15) is 0 Å². The molecule has 96 valence electrons. The maximum atomic E-state index is 11.7. The number of rotatable bonds is 3. The third-order valence-corrected chi connectivity index (χ3v) is 3.55. The molecule has 0 N–H and O–H groups in total. The Kier molecular flexibility index (Phi) is 4.13. The molecule has 0 radical (unpaired) electrons. The summed E-state index contributed by atoms with van der Waals surface area (Å²) in [5.74, 6) is 0.0532. The number of methoxy groups -OCH3 is 1. The van der Waals surface area contributed by atoms with Gasteiger partial charge in [0, 0.05) is 5.71 Å². The lowest BCUT2D eigenvalue weighted by Crippen LogP contribution is -2.25. The van der Waals surface area contributed by atoms with Gasteiger partial charge in [0.15, 0.2) is 0 Å². The van der Waals surface area contributed by atoms with Gasteiger partial charge in [0.05, 0.1) is 19.6 Å². The Balaban J connectivity index is 2.09. The van der Waals surface area contributed by atoms with Gasteiger partial charge in [-0.15, -0.1) is 0 Å². The van der Waals surface area contributed by atoms with Crippen LogP contribution in [0.4, 0.5) is 0 Å². The second kappa shape index (κ2) is 5.80. The highest BCUT2D eigenvalue weighted by Crippen LogP contribution is 2.30. The van der Waals surface area contributed by atoms with E-state index in [1.165, 1.54) is 12.7 Å². The molecular weight excluding hydrogens is 226 g/mol. The van der Waals surface area contributed by atoms with Crippen molar-refractivity contribution in [3.05, 3.63) is 35.9 Å². The van der Waals surface area contributed by atoms with E-state index < -0.39 is 0 Å². The Labute approximate surface area is 108 Å². The van der Waals surface area contributed by atoms with Gasteiger partial charge in [0.25, 0.3) is 0 Å². The van der Waals surface area contributed by atoms with E-state index in [1.54, 1.807) is 0 Å². The molecule has 0 amide bonds. The summed E-state index contributed by atoms with van der Waals surface area (Å²) in [6, 6.07) is 10.1. The first kappa shape index (κ1) is 12.8. The molecule has 2 rings (SSSR count). The van der Waals surface area contributed by atoms with Crippen LogP contribution in [0.25, 0.3) is 0 Å². The number of hydrogen-bond donors (Lipinski definition) is 0. The van der Waals surface area contributed by atoms with Crippen LogP contribution in [-0.2, 0) is 16.1 Å². The second-order valence-corrected chi connectivity index (χ2v) is 4.81. The molecule has 0 aliphatic heterocycles. The van der Waals surface area contributed by atoms with Crippen molar-refractivity contribution in [2.75, 3.05) is 7.11 Å². The summed E-state index contributed by atoms with van der Waals surface area (Å²) in [6.45, 7) is 2.74. The second-order valence-electron chi connectivity index (χ2n) is 4.81. The minimum atomic E-state index is -0.146. The molecule has 0 saturated heterocycles. The van der Waals surface area contributed by atoms with Crippen LogP contribution in [0.3, 0.4) is 0 Å². The van der Waals surface area contributed by atoms with Gasteiger partial charge >= 0.3 is 5.97 Å². The molecule has 1 saturated carbocycles. The number of carbonyl (C=O) groups is 1. The minimum absolute atomic E-state index is 0.140. The number of ether oxygens (including phenoxy) is 1. The Morgan fingerprint density at radius 1 is 1.39 bits per heavy atom. The molecule has 1 aliphatic carbocycles. The van der Waals surface area contributed by atoms with Crippen LogP contribution in [0.1, 0.15) is 25.3 Å². The Morgan fingerprint density at radius 2 is 2.11 bits per heavy atom. The third kappa shape index (κ3) is 2.78. The largest absolute Gasteiger partial charge is 0.469 e. The van der Waals surface area contributed by atoms with Crippen molar-refractivity contribution in [3.8, 4) is 0 Å². The molecule has 0 aromatic heterocycles. The predicted octanol–water partition coefficient (Wildman–Crippen LogP) is 2.85. The summed E-state index contributed by atoms with van der Waals surface area (Å²) in [7, 11) is 1.45. The van der Waals surface area contributed by atoms with E-state index in [9.17, 15) is 4.79 Å². The fourth-order valence-corrected chi connectivity index (χ4v) is 2.48. The van der Waals surface area contributed by atoms with Crippen LogP contribution in [0.5, 0.6) is 0 Å². The molecule has 2 unspecified atom stereocenters. The van der Waals surface area contributed by atoms with Crippen molar-refractivity contribution < 1.29 is 9.53 Å². The molecule has 1 fully saturated rings. The minimum Gasteiger partial charge on any atom is -0.469 e. The topological polar surface area (TPSA) is 38.7 Å². The molecule has 0 bridgehead atoms. The van der Waals surface area contributed by atoms with Crippen molar-refractivity contribution in [1.82, 2.24) is 0 Å². The van der Waals surface area contributed by atoms with Crippen molar-refractivity contribution in [1.29, 1.82) is 0 Å². The summed E-state index contributed by atoms with van der Waals surface area (Å²) in [4.78, 5) is 16.4. The first-order valence-corrected chi connectivity index (χ1v) is 6.37. The summed E-state index contributed by atoms with van der Waals surface area (Å²) in [6.07, 6.45) is 1.93. The van der Waals surface area contributed by atoms with Crippen LogP contribution < -0.4 is 0 Å². The average Bonchev–Trinajstić information content (AvgIpc) is 2.78. The zero-order valence-corrected chi connectivity index (χ0v) is 10.9. The lowest BCUT2D eigenvalue weighted by atomic mass is 9.97. The molecule has 3 nitrogen and oxygen atoms in total. The summed E-state index contributed by atoms with van der Waals surface area (Å²) in [5.41, 5.74) is 2.17. The maximum Gasteiger partial charge on any atom is 0.314 e. The fourth-order valence-electron chi connectivity index (χ4n) is 2.48. The highest BCUT2D eigenvalue weighted by atomic mass is 16.5. The van der Waals surface area contributed by atoms with Gasteiger partial charge < -0.3 is 4.74 Å². The first-order chi connectivity index (χ1) is 8.72. The highest BCUT2D eigenvalue weighted by molar-refractivity contribution is 6.03. The van der Waals surface area contributed by atoms with Gasteiger partial charge in [0.2, 0.25) is 0 Å². The highest BCUT2D eigenvalue weighted by Gasteiger charge is 2.36. The molecule has 18 heavy (non-hydrogen) atoms. The number of carbonyl (C=O) groups excluding carboxylic acids is 1. The zero-order chi connectivity index (χ0) is 13.0. The molecule has 0 spiro atoms. The van der Waals surface area contributed by atoms with Crippen LogP contribution >= 0.6 is 0 Å². The van der Waals surface area contributed by atoms with Crippen molar-refractivity contribution >= 4 is 11.7 Å². The average molecular weight is 245 g/mol. The number of nitrogens with zero attached hydrogens (tertiary/aromatic N) is 1. The van der Waals surface area contributed by atoms with Crippen molar-refractivity contribution in [2.45, 2.75) is 26.3 Å². The Hall–Kier alpha value is -1.64. The molecular formula is C15H19NO2. The zero-order valence-electron chi connectivity index (χ0n) is 10.9. The Morgan fingerprint density at radius 3 is 2.78 bits per heavy atom. The smallest absolute Gasteiger partial charge is 0.314 e. The van der Waals surface area contributed by atoms with E-state index in [1.807, 2.05) is 18.2 Å². The number of benzene rings is 1. The van der Waals surface area contributed by atoms with E-state index in [4.69, 9.17) is 4.74 Å². The normalized spacial score (nSPS) is 25.3. The lowest BCUT2D eigenvalue weighted by Gasteiger charge is -2.13. The van der Waals surface area contributed by atoms with E-state index in [0.717, 1.165) is 18.6 Å². The van der Waals surface area contributed by atoms with E-state index >= 15 is 0 Å². The van der Waals surface area contributed by atoms with Crippen molar-refractivity contribution in [2.24, 2.45) is 16.8 Å². The van der Waals surface area contributed by atoms with Gasteiger partial charge in [-0.25, -0.2) is 0 Å². The van der Waals surface area contributed by atoms with Crippen LogP contribution in [-0.4, -0.2) is 18.8 Å². The van der Waals surface area contributed by atoms with Crippen molar-refractivity contribution in [3.63, 3.8) is 0 Å². The van der Waals surface area contributed by atoms with Gasteiger partial charge in [-0.2, -0.15) is 0 Å². The monoisotopic (exact) mass is 245 g/mol. The van der Waals surface area contributed by atoms with Gasteiger partial charge in [-0.05, 0) is 24.3 Å². The number of aliphatic imine (C=N–C) groups is 1. The third-order valence-electron chi connectivity index (χ3n) is 3.55. The van der Waals surface area contributed by atoms with E-state index in [-0.39, 0.29) is 11.9 Å². The molecule has 1 aromatic carbocycles. The van der Waals surface area contributed by atoms with Gasteiger partial charge in [-0.3, -0.25) is 9.79 Å². The number of esters is 1. The summed E-state index contributed by atoms with van der Waals surface area (Å²) >= 11 is 0. The SMILES string of the molecule is COC(=O)C1C(=NCc2ccccc2)CCC1C. The van der Waals surface area contributed by atoms with Crippen LogP contribution in [0.15, 0.2) is 35.3 Å². The molecule has 1 aromatic rings. The van der Waals surface area contributed by atoms with E-state index in [2.05, 4.69) is 24.0 Å². The summed E-state index contributed by atoms with van der Waals surface area (Å²) in [5, 5.41) is 0. The Bertz CT molecular complexity index is 439. The molecule has 3 heteroatoms. The lowest BCUT2D eigenvalue weighted by molar-refractivity contribution is -0.144. The van der Waals surface area contributed by atoms with Gasteiger partial charge in [-0.1, -0.05) is 37.3 Å². The van der Waals surface area contributed by atoms with E-state index in [0.29, 0.717) is 12.5 Å². The molecule has 2 atom stereocenters. The number of hydrogen-bond acceptors (Lipinski definition) is 3. The summed E-state index contributed by atoms with van der Waals surface area (Å²) < 4.78 is 4.87. The molecule has 0 heterocycles. The van der Waals surface area contributed by atoms with Crippen LogP contribution in [0.2, 0.25) is 0 Å². The van der Waals surface area contributed by atoms with Crippen LogP contribution in [0, 0.1) is 11.8 Å². The maximum absolute atomic E-state index is 11.7. The first-order valence-electron chi connectivity index (χ1n) is 6.37. The fraction of sp³-hybridized carbons (Fsp3) is 0.467. The predicted molar refractivity (Wildman–Crippen MR) is 71.5 cm³/mol. The standard InChI is InChI=1S/C15H19NO2/c1-11-8-9-13(14(11)15(17)18-2)16-10-12-6-4-3-5-7-12/h3-7,11,14H,8-10H2,1-2H3. The molecule has 1 aliphatic rings. The quantitative estimate of drug-likeness (QED) is 0.768.